The van der Waals surface area contributed by atoms with Crippen LogP contribution in [0.4, 0.5) is 0 Å². The largest absolute Gasteiger partial charge is 0.459 e. The fraction of sp³-hybridized carbons (Fsp3) is 0.0800. The monoisotopic (exact) mass is 470 g/mol. The molecule has 5 heterocycles. The molecular weight excluding hydrogens is 452 g/mol. The first-order valence-electron chi connectivity index (χ1n) is 10.4. The normalized spacial score (nSPS) is 15.7. The summed E-state index contributed by atoms with van der Waals surface area (Å²) in [5.74, 6) is 0.00168. The Morgan fingerprint density at radius 2 is 1.76 bits per heavy atom. The number of carbonyl (C=O) groups is 1. The van der Waals surface area contributed by atoms with Gasteiger partial charge in [-0.25, -0.2) is 9.69 Å². The van der Waals surface area contributed by atoms with Gasteiger partial charge in [-0.05, 0) is 52.5 Å². The molecule has 0 saturated heterocycles. The quantitative estimate of drug-likeness (QED) is 0.305. The summed E-state index contributed by atoms with van der Waals surface area (Å²) < 4.78 is 7.29. The molecule has 162 valence electrons. The Hall–Kier alpha value is -3.75. The van der Waals surface area contributed by atoms with Gasteiger partial charge in [0, 0.05) is 34.7 Å². The number of thiophene rings is 2. The molecule has 1 atom stereocenters. The van der Waals surface area contributed by atoms with Crippen molar-refractivity contribution in [1.29, 1.82) is 0 Å². The predicted molar refractivity (Wildman–Crippen MR) is 130 cm³/mol. The van der Waals surface area contributed by atoms with E-state index in [9.17, 15) is 4.79 Å². The number of benzene rings is 1. The third-order valence-electron chi connectivity index (χ3n) is 5.62. The molecule has 1 aromatic carbocycles. The Kier molecular flexibility index (Phi) is 5.01. The first-order chi connectivity index (χ1) is 16.3. The van der Waals surface area contributed by atoms with Crippen LogP contribution in [-0.2, 0) is 0 Å². The standard InChI is InChI=1S/C25H18N4O2S2/c30-25(23-7-4-10-31-23)29-22(13-21(26-29)17-8-11-32-15-17)20-14-28(19-5-2-1-3-6-19)27-24(20)18-9-12-33-16-18/h1-12,14-16,22H,13H2. The lowest BCUT2D eigenvalue weighted by atomic mass is 9.98. The summed E-state index contributed by atoms with van der Waals surface area (Å²) >= 11 is 3.24. The number of hydrazone groups is 1. The van der Waals surface area contributed by atoms with Gasteiger partial charge in [0.1, 0.15) is 0 Å². The van der Waals surface area contributed by atoms with Crippen molar-refractivity contribution >= 4 is 34.3 Å². The Morgan fingerprint density at radius 1 is 0.970 bits per heavy atom. The molecule has 6 rings (SSSR count). The van der Waals surface area contributed by atoms with Crippen LogP contribution in [0.1, 0.15) is 34.1 Å². The van der Waals surface area contributed by atoms with Crippen molar-refractivity contribution in [2.24, 2.45) is 5.10 Å². The second-order valence-corrected chi connectivity index (χ2v) is 9.19. The van der Waals surface area contributed by atoms with E-state index in [-0.39, 0.29) is 17.7 Å². The zero-order valence-electron chi connectivity index (χ0n) is 17.4. The Balaban J connectivity index is 1.48. The molecule has 8 heteroatoms. The van der Waals surface area contributed by atoms with Gasteiger partial charge in [-0.2, -0.15) is 32.9 Å². The third-order valence-corrected chi connectivity index (χ3v) is 6.99. The zero-order chi connectivity index (χ0) is 22.2. The maximum absolute atomic E-state index is 13.4. The maximum atomic E-state index is 13.4. The Bertz CT molecular complexity index is 1400. The Morgan fingerprint density at radius 3 is 2.45 bits per heavy atom. The van der Waals surface area contributed by atoms with Crippen LogP contribution in [0.15, 0.2) is 98.1 Å². The van der Waals surface area contributed by atoms with E-state index >= 15 is 0 Å². The van der Waals surface area contributed by atoms with Crippen LogP contribution in [0.25, 0.3) is 16.9 Å². The molecule has 5 aromatic rings. The highest BCUT2D eigenvalue weighted by Crippen LogP contribution is 2.39. The van der Waals surface area contributed by atoms with E-state index in [0.29, 0.717) is 6.42 Å². The van der Waals surface area contributed by atoms with Crippen molar-refractivity contribution in [1.82, 2.24) is 14.8 Å². The minimum atomic E-state index is -0.301. The SMILES string of the molecule is O=C(c1ccco1)N1N=C(c2ccsc2)CC1c1cn(-c2ccccc2)nc1-c1ccsc1. The predicted octanol–water partition coefficient (Wildman–Crippen LogP) is 6.25. The highest BCUT2D eigenvalue weighted by molar-refractivity contribution is 7.08. The molecule has 33 heavy (non-hydrogen) atoms. The molecule has 0 bridgehead atoms. The number of furan rings is 1. The lowest BCUT2D eigenvalue weighted by Gasteiger charge is -2.20. The number of para-hydroxylation sites is 1. The summed E-state index contributed by atoms with van der Waals surface area (Å²) in [4.78, 5) is 13.4. The van der Waals surface area contributed by atoms with Crippen LogP contribution in [0.2, 0.25) is 0 Å². The number of nitrogens with zero attached hydrogens (tertiary/aromatic N) is 4. The van der Waals surface area contributed by atoms with Crippen LogP contribution in [-0.4, -0.2) is 26.4 Å². The van der Waals surface area contributed by atoms with Gasteiger partial charge >= 0.3 is 5.91 Å². The van der Waals surface area contributed by atoms with E-state index in [2.05, 4.69) is 16.8 Å². The Labute approximate surface area is 198 Å². The second-order valence-electron chi connectivity index (χ2n) is 7.63. The first-order valence-corrected chi connectivity index (χ1v) is 12.3. The van der Waals surface area contributed by atoms with Crippen molar-refractivity contribution in [3.05, 3.63) is 105 Å². The van der Waals surface area contributed by atoms with E-state index in [4.69, 9.17) is 14.6 Å². The number of aromatic nitrogens is 2. The van der Waals surface area contributed by atoms with Crippen molar-refractivity contribution in [2.45, 2.75) is 12.5 Å². The fourth-order valence-corrected chi connectivity index (χ4v) is 5.33. The molecule has 0 fully saturated rings. The molecule has 0 saturated carbocycles. The van der Waals surface area contributed by atoms with Crippen molar-refractivity contribution in [3.63, 3.8) is 0 Å². The maximum Gasteiger partial charge on any atom is 0.310 e. The lowest BCUT2D eigenvalue weighted by molar-refractivity contribution is 0.0679. The molecule has 0 radical (unpaired) electrons. The summed E-state index contributed by atoms with van der Waals surface area (Å²) in [6, 6.07) is 17.2. The summed E-state index contributed by atoms with van der Waals surface area (Å²) in [5.41, 5.74) is 5.70. The van der Waals surface area contributed by atoms with Crippen molar-refractivity contribution < 1.29 is 9.21 Å². The summed E-state index contributed by atoms with van der Waals surface area (Å²) in [6.45, 7) is 0. The second kappa shape index (κ2) is 8.31. The van der Waals surface area contributed by atoms with E-state index in [1.54, 1.807) is 39.8 Å². The minimum Gasteiger partial charge on any atom is -0.459 e. The fourth-order valence-electron chi connectivity index (χ4n) is 4.02. The van der Waals surface area contributed by atoms with Crippen LogP contribution in [0, 0.1) is 0 Å². The van der Waals surface area contributed by atoms with Gasteiger partial charge in [-0.3, -0.25) is 4.79 Å². The van der Waals surface area contributed by atoms with Gasteiger partial charge in [0.25, 0.3) is 0 Å². The molecule has 4 aromatic heterocycles. The minimum absolute atomic E-state index is 0.265. The molecule has 1 aliphatic rings. The van der Waals surface area contributed by atoms with Crippen molar-refractivity contribution in [2.75, 3.05) is 0 Å². The van der Waals surface area contributed by atoms with E-state index < -0.39 is 0 Å². The lowest BCUT2D eigenvalue weighted by Crippen LogP contribution is -2.26. The topological polar surface area (TPSA) is 63.6 Å². The van der Waals surface area contributed by atoms with Gasteiger partial charge < -0.3 is 4.42 Å². The van der Waals surface area contributed by atoms with Gasteiger partial charge in [-0.15, -0.1) is 0 Å². The number of amides is 1. The van der Waals surface area contributed by atoms with E-state index in [0.717, 1.165) is 33.8 Å². The van der Waals surface area contributed by atoms with Crippen LogP contribution >= 0.6 is 22.7 Å². The smallest absolute Gasteiger partial charge is 0.310 e. The van der Waals surface area contributed by atoms with Crippen molar-refractivity contribution in [3.8, 4) is 16.9 Å². The molecule has 1 aliphatic heterocycles. The zero-order valence-corrected chi connectivity index (χ0v) is 19.0. The highest BCUT2D eigenvalue weighted by Gasteiger charge is 2.37. The van der Waals surface area contributed by atoms with E-state index in [1.807, 2.05) is 58.0 Å². The van der Waals surface area contributed by atoms with E-state index in [1.165, 1.54) is 6.26 Å². The summed E-state index contributed by atoms with van der Waals surface area (Å²) in [5, 5.41) is 19.4. The molecule has 0 spiro atoms. The number of carbonyl (C=O) groups excluding carboxylic acids is 1. The summed E-state index contributed by atoms with van der Waals surface area (Å²) in [7, 11) is 0. The molecular formula is C25H18N4O2S2. The van der Waals surface area contributed by atoms with Gasteiger partial charge in [0.05, 0.1) is 29.4 Å². The number of rotatable bonds is 5. The van der Waals surface area contributed by atoms with Gasteiger partial charge in [0.15, 0.2) is 5.76 Å². The highest BCUT2D eigenvalue weighted by atomic mass is 32.1. The van der Waals surface area contributed by atoms with Crippen LogP contribution in [0.3, 0.4) is 0 Å². The molecule has 0 N–H and O–H groups in total. The van der Waals surface area contributed by atoms with Gasteiger partial charge in [-0.1, -0.05) is 18.2 Å². The first kappa shape index (κ1) is 19.9. The molecule has 1 amide bonds. The molecule has 6 nitrogen and oxygen atoms in total. The average molecular weight is 471 g/mol. The number of hydrogen-bond donors (Lipinski definition) is 0. The number of hydrogen-bond acceptors (Lipinski definition) is 6. The summed E-state index contributed by atoms with van der Waals surface area (Å²) in [6.07, 6.45) is 4.12. The van der Waals surface area contributed by atoms with Crippen LogP contribution in [0.5, 0.6) is 0 Å². The average Bonchev–Trinajstić information content (AvgIpc) is 3.69. The van der Waals surface area contributed by atoms with Gasteiger partial charge in [0.2, 0.25) is 0 Å². The molecule has 0 aliphatic carbocycles. The third kappa shape index (κ3) is 3.63. The molecule has 1 unspecified atom stereocenters. The van der Waals surface area contributed by atoms with Crippen LogP contribution < -0.4 is 0 Å².